The number of rotatable bonds is 2. The maximum atomic E-state index is 9.21. The van der Waals surface area contributed by atoms with E-state index in [0.29, 0.717) is 0 Å². The summed E-state index contributed by atoms with van der Waals surface area (Å²) in [6.45, 7) is 5.34. The number of hydrogen-bond acceptors (Lipinski definition) is 2. The highest BCUT2D eigenvalue weighted by molar-refractivity contribution is 6.23. The first-order valence-electron chi connectivity index (χ1n) is 3.01. The zero-order valence-electron chi connectivity index (χ0n) is 6.47. The monoisotopic (exact) mass is 187 g/mol. The van der Waals surface area contributed by atoms with E-state index in [9.17, 15) is 5.11 Å². The van der Waals surface area contributed by atoms with Crippen molar-refractivity contribution in [2.45, 2.75) is 31.9 Å². The number of aliphatic hydroxyl groups is 1. The fourth-order valence-corrected chi connectivity index (χ4v) is 0.904. The Bertz CT molecular complexity index is 90.2. The zero-order valence-corrected chi connectivity index (χ0v) is 8.04. The summed E-state index contributed by atoms with van der Waals surface area (Å²) in [6, 6.07) is 0. The average molecular weight is 188 g/mol. The van der Waals surface area contributed by atoms with Gasteiger partial charge in [0, 0.05) is 0 Å². The molecule has 10 heavy (non-hydrogen) atoms. The largest absolute Gasteiger partial charge is 0.390 e. The molecule has 2 unspecified atom stereocenters. The van der Waals surface area contributed by atoms with Crippen LogP contribution in [0.25, 0.3) is 0 Å². The maximum Gasteiger partial charge on any atom is 0.115 e. The van der Waals surface area contributed by atoms with Gasteiger partial charge in [-0.25, -0.2) is 0 Å². The summed E-state index contributed by atoms with van der Waals surface area (Å²) in [5.74, 6) is 0.109. The fraction of sp³-hybridized carbons (Fsp3) is 1.00. The number of nitrogens with two attached hydrogens (primary N) is 1. The summed E-state index contributed by atoms with van der Waals surface area (Å²) < 4.78 is 0. The fourth-order valence-electron chi connectivity index (χ4n) is 0.652. The molecule has 0 bridgehead atoms. The number of halogens is 2. The van der Waals surface area contributed by atoms with Crippen LogP contribution in [0.4, 0.5) is 0 Å². The number of aliphatic hydroxyl groups excluding tert-OH is 1. The van der Waals surface area contributed by atoms with Gasteiger partial charge in [0.1, 0.15) is 5.00 Å². The van der Waals surface area contributed by atoms with Crippen LogP contribution >= 0.6 is 24.0 Å². The van der Waals surface area contributed by atoms with Crippen molar-refractivity contribution in [1.29, 1.82) is 0 Å². The van der Waals surface area contributed by atoms with Gasteiger partial charge in [-0.1, -0.05) is 25.4 Å². The summed E-state index contributed by atoms with van der Waals surface area (Å²) in [7, 11) is 0. The second-order valence-corrected chi connectivity index (χ2v) is 3.65. The Morgan fingerprint density at radius 2 is 1.80 bits per heavy atom. The van der Waals surface area contributed by atoms with E-state index in [4.69, 9.17) is 17.3 Å². The lowest BCUT2D eigenvalue weighted by atomic mass is 10.0. The number of alkyl halides is 1. The van der Waals surface area contributed by atoms with Crippen LogP contribution in [0, 0.1) is 5.92 Å². The normalized spacial score (nSPS) is 19.5. The molecule has 0 aliphatic carbocycles. The molecular weight excluding hydrogens is 173 g/mol. The lowest BCUT2D eigenvalue weighted by molar-refractivity contribution is 0.0882. The predicted molar refractivity (Wildman–Crippen MR) is 46.5 cm³/mol. The van der Waals surface area contributed by atoms with E-state index < -0.39 is 11.1 Å². The molecule has 0 aromatic carbocycles. The summed E-state index contributed by atoms with van der Waals surface area (Å²) in [5.41, 5.74) is 5.40. The Balaban J connectivity index is 0. The van der Waals surface area contributed by atoms with E-state index >= 15 is 0 Å². The van der Waals surface area contributed by atoms with Crippen LogP contribution in [-0.2, 0) is 0 Å². The van der Waals surface area contributed by atoms with Gasteiger partial charge < -0.3 is 10.8 Å². The van der Waals surface area contributed by atoms with Crippen molar-refractivity contribution >= 4 is 24.0 Å². The molecule has 0 heterocycles. The lowest BCUT2D eigenvalue weighted by Crippen LogP contribution is -2.45. The van der Waals surface area contributed by atoms with Gasteiger partial charge in [-0.2, -0.15) is 0 Å². The minimum Gasteiger partial charge on any atom is -0.390 e. The van der Waals surface area contributed by atoms with E-state index in [1.807, 2.05) is 13.8 Å². The van der Waals surface area contributed by atoms with E-state index in [-0.39, 0.29) is 18.3 Å². The van der Waals surface area contributed by atoms with Gasteiger partial charge in [-0.15, -0.1) is 12.4 Å². The SMILES string of the molecule is CC(C)C(O)C(C)(N)Cl.Cl. The molecule has 0 aromatic rings. The smallest absolute Gasteiger partial charge is 0.115 e. The Morgan fingerprint density at radius 3 is 1.80 bits per heavy atom. The second kappa shape index (κ2) is 4.39. The van der Waals surface area contributed by atoms with Crippen LogP contribution in [-0.4, -0.2) is 16.2 Å². The van der Waals surface area contributed by atoms with Gasteiger partial charge in [0.05, 0.1) is 6.10 Å². The van der Waals surface area contributed by atoms with Crippen molar-refractivity contribution in [1.82, 2.24) is 0 Å². The van der Waals surface area contributed by atoms with Gasteiger partial charge in [-0.3, -0.25) is 0 Å². The Morgan fingerprint density at radius 1 is 1.50 bits per heavy atom. The Kier molecular flexibility index (Phi) is 5.76. The van der Waals surface area contributed by atoms with E-state index in [1.165, 1.54) is 0 Å². The molecular formula is C6H15Cl2NO. The molecule has 0 radical (unpaired) electrons. The van der Waals surface area contributed by atoms with Gasteiger partial charge in [0.2, 0.25) is 0 Å². The van der Waals surface area contributed by atoms with Crippen molar-refractivity contribution in [2.24, 2.45) is 11.7 Å². The molecule has 2 atom stereocenters. The third-order valence-electron chi connectivity index (χ3n) is 1.21. The molecule has 4 heteroatoms. The van der Waals surface area contributed by atoms with Crippen molar-refractivity contribution in [3.8, 4) is 0 Å². The second-order valence-electron chi connectivity index (χ2n) is 2.84. The highest BCUT2D eigenvalue weighted by atomic mass is 35.5. The molecule has 0 rings (SSSR count). The molecule has 0 aromatic heterocycles. The van der Waals surface area contributed by atoms with Crippen LogP contribution < -0.4 is 5.73 Å². The van der Waals surface area contributed by atoms with Crippen molar-refractivity contribution in [2.75, 3.05) is 0 Å². The average Bonchev–Trinajstić information content (AvgIpc) is 1.62. The summed E-state index contributed by atoms with van der Waals surface area (Å²) >= 11 is 5.61. The first kappa shape index (κ1) is 13.1. The van der Waals surface area contributed by atoms with Crippen LogP contribution in [0.3, 0.4) is 0 Å². The molecule has 0 spiro atoms. The summed E-state index contributed by atoms with van der Waals surface area (Å²) in [6.07, 6.45) is -0.640. The molecule has 3 N–H and O–H groups in total. The third-order valence-corrected chi connectivity index (χ3v) is 1.43. The first-order valence-corrected chi connectivity index (χ1v) is 3.39. The maximum absolute atomic E-state index is 9.21. The highest BCUT2D eigenvalue weighted by Gasteiger charge is 2.27. The molecule has 0 aliphatic heterocycles. The quantitative estimate of drug-likeness (QED) is 0.507. The van der Waals surface area contributed by atoms with Gasteiger partial charge >= 0.3 is 0 Å². The standard InChI is InChI=1S/C6H14ClNO.ClH/c1-4(2)5(9)6(3,7)8;/h4-5,9H,8H2,1-3H3;1H. The molecule has 0 saturated heterocycles. The molecule has 0 fully saturated rings. The number of hydrogen-bond donors (Lipinski definition) is 2. The lowest BCUT2D eigenvalue weighted by Gasteiger charge is -2.26. The van der Waals surface area contributed by atoms with E-state index in [1.54, 1.807) is 6.92 Å². The molecule has 64 valence electrons. The van der Waals surface area contributed by atoms with Crippen LogP contribution in [0.2, 0.25) is 0 Å². The first-order chi connectivity index (χ1) is 3.85. The van der Waals surface area contributed by atoms with Gasteiger partial charge in [0.15, 0.2) is 0 Å². The minimum atomic E-state index is -0.992. The zero-order chi connectivity index (χ0) is 7.65. The van der Waals surface area contributed by atoms with Gasteiger partial charge in [0.25, 0.3) is 0 Å². The van der Waals surface area contributed by atoms with Gasteiger partial charge in [-0.05, 0) is 12.8 Å². The third kappa shape index (κ3) is 4.34. The highest BCUT2D eigenvalue weighted by Crippen LogP contribution is 2.17. The molecule has 0 aliphatic rings. The van der Waals surface area contributed by atoms with Crippen LogP contribution in [0.5, 0.6) is 0 Å². The van der Waals surface area contributed by atoms with Crippen LogP contribution in [0.15, 0.2) is 0 Å². The Labute approximate surface area is 73.2 Å². The van der Waals surface area contributed by atoms with Crippen molar-refractivity contribution < 1.29 is 5.11 Å². The van der Waals surface area contributed by atoms with Crippen LogP contribution in [0.1, 0.15) is 20.8 Å². The minimum absolute atomic E-state index is 0. The molecule has 0 amide bonds. The summed E-state index contributed by atoms with van der Waals surface area (Å²) in [5, 5.41) is 9.21. The van der Waals surface area contributed by atoms with E-state index in [2.05, 4.69) is 0 Å². The van der Waals surface area contributed by atoms with E-state index in [0.717, 1.165) is 0 Å². The van der Waals surface area contributed by atoms with Crippen molar-refractivity contribution in [3.05, 3.63) is 0 Å². The molecule has 2 nitrogen and oxygen atoms in total. The summed E-state index contributed by atoms with van der Waals surface area (Å²) in [4.78, 5) is -0.992. The molecule has 0 saturated carbocycles. The topological polar surface area (TPSA) is 46.2 Å². The van der Waals surface area contributed by atoms with Crippen molar-refractivity contribution in [3.63, 3.8) is 0 Å². The predicted octanol–water partition coefficient (Wildman–Crippen LogP) is 1.34. The Hall–Kier alpha value is 0.500.